The van der Waals surface area contributed by atoms with Gasteiger partial charge in [-0.15, -0.1) is 10.1 Å². The SMILES string of the molecule is C=CC=C.O=[N+]([O-])O. The molecule has 0 bridgehead atoms. The largest absolute Gasteiger partial charge is 0.328 e. The molecule has 0 saturated carbocycles. The van der Waals surface area contributed by atoms with Gasteiger partial charge < -0.3 is 5.21 Å². The molecule has 0 atom stereocenters. The lowest BCUT2D eigenvalue weighted by atomic mass is 10.6. The van der Waals surface area contributed by atoms with Crippen LogP contribution < -0.4 is 0 Å². The highest BCUT2D eigenvalue weighted by atomic mass is 16.9. The minimum absolute atomic E-state index is 1.50. The summed E-state index contributed by atoms with van der Waals surface area (Å²) < 4.78 is 0. The molecule has 0 saturated heterocycles. The van der Waals surface area contributed by atoms with Crippen LogP contribution in [-0.4, -0.2) is 10.3 Å². The van der Waals surface area contributed by atoms with E-state index in [0.29, 0.717) is 0 Å². The van der Waals surface area contributed by atoms with Gasteiger partial charge in [-0.25, -0.2) is 0 Å². The normalized spacial score (nSPS) is 5.50. The molecule has 46 valence electrons. The van der Waals surface area contributed by atoms with Crippen molar-refractivity contribution >= 4 is 0 Å². The van der Waals surface area contributed by atoms with Crippen LogP contribution in [0.2, 0.25) is 0 Å². The molecule has 0 heterocycles. The van der Waals surface area contributed by atoms with Crippen molar-refractivity contribution in [2.75, 3.05) is 0 Å². The van der Waals surface area contributed by atoms with Crippen molar-refractivity contribution < 1.29 is 10.3 Å². The van der Waals surface area contributed by atoms with Gasteiger partial charge in [0.15, 0.2) is 0 Å². The molecule has 0 aromatic rings. The highest BCUT2D eigenvalue weighted by Crippen LogP contribution is 1.52. The molecular weight excluding hydrogens is 110 g/mol. The molecule has 4 heteroatoms. The second-order valence-corrected chi connectivity index (χ2v) is 0.709. The summed E-state index contributed by atoms with van der Waals surface area (Å²) in [5.41, 5.74) is 0. The van der Waals surface area contributed by atoms with E-state index in [1.54, 1.807) is 12.2 Å². The van der Waals surface area contributed by atoms with Gasteiger partial charge in [0.1, 0.15) is 0 Å². The highest BCUT2D eigenvalue weighted by molar-refractivity contribution is 4.88. The third-order valence-corrected chi connectivity index (χ3v) is 0.167. The summed E-state index contributed by atoms with van der Waals surface area (Å²) in [5.74, 6) is 0. The number of hydrogen-bond donors (Lipinski definition) is 1. The first-order valence-electron chi connectivity index (χ1n) is 1.71. The monoisotopic (exact) mass is 117 g/mol. The highest BCUT2D eigenvalue weighted by Gasteiger charge is 1.65. The molecule has 0 spiro atoms. The molecule has 0 amide bonds. The van der Waals surface area contributed by atoms with Gasteiger partial charge in [0.05, 0.1) is 0 Å². The lowest BCUT2D eigenvalue weighted by Crippen LogP contribution is -1.81. The molecule has 0 aliphatic carbocycles. The van der Waals surface area contributed by atoms with E-state index in [1.165, 1.54) is 0 Å². The van der Waals surface area contributed by atoms with Crippen LogP contribution >= 0.6 is 0 Å². The maximum atomic E-state index is 8.36. The van der Waals surface area contributed by atoms with Gasteiger partial charge in [0.2, 0.25) is 0 Å². The summed E-state index contributed by atoms with van der Waals surface area (Å²) in [7, 11) is 0. The van der Waals surface area contributed by atoms with Crippen molar-refractivity contribution in [3.63, 3.8) is 0 Å². The molecule has 0 radical (unpaired) electrons. The number of nitrogens with zero attached hydrogens (tertiary/aromatic N) is 1. The number of allylic oxidation sites excluding steroid dienone is 2. The van der Waals surface area contributed by atoms with Gasteiger partial charge in [0.25, 0.3) is 5.09 Å². The summed E-state index contributed by atoms with van der Waals surface area (Å²) in [6.07, 6.45) is 3.28. The van der Waals surface area contributed by atoms with E-state index in [0.717, 1.165) is 0 Å². The minimum Gasteiger partial charge on any atom is -0.328 e. The Morgan fingerprint density at radius 1 is 1.50 bits per heavy atom. The molecule has 0 fully saturated rings. The summed E-state index contributed by atoms with van der Waals surface area (Å²) in [6, 6.07) is 0. The maximum absolute atomic E-state index is 8.36. The fraction of sp³-hybridized carbons (Fsp3) is 0. The fourth-order valence-electron chi connectivity index (χ4n) is 0. The second-order valence-electron chi connectivity index (χ2n) is 0.709. The summed E-state index contributed by atoms with van der Waals surface area (Å²) >= 11 is 0. The van der Waals surface area contributed by atoms with Crippen LogP contribution in [-0.2, 0) is 0 Å². The average molecular weight is 117 g/mol. The van der Waals surface area contributed by atoms with Gasteiger partial charge in [0, 0.05) is 0 Å². The van der Waals surface area contributed by atoms with Crippen LogP contribution in [0.3, 0.4) is 0 Å². The van der Waals surface area contributed by atoms with Crippen LogP contribution in [0.4, 0.5) is 0 Å². The molecule has 0 aromatic carbocycles. The van der Waals surface area contributed by atoms with E-state index in [9.17, 15) is 0 Å². The predicted molar refractivity (Wildman–Crippen MR) is 29.2 cm³/mol. The first kappa shape index (κ1) is 9.84. The average Bonchev–Trinajstić information content (AvgIpc) is 1.65. The van der Waals surface area contributed by atoms with Crippen LogP contribution in [0.15, 0.2) is 25.3 Å². The van der Waals surface area contributed by atoms with E-state index < -0.39 is 5.09 Å². The quantitative estimate of drug-likeness (QED) is 0.316. The van der Waals surface area contributed by atoms with E-state index in [2.05, 4.69) is 13.2 Å². The first-order valence-corrected chi connectivity index (χ1v) is 1.71. The molecule has 0 aromatic heterocycles. The summed E-state index contributed by atoms with van der Waals surface area (Å²) in [4.78, 5) is 8.36. The molecule has 0 unspecified atom stereocenters. The van der Waals surface area contributed by atoms with Crippen molar-refractivity contribution in [3.8, 4) is 0 Å². The second kappa shape index (κ2) is 9.19. The van der Waals surface area contributed by atoms with Crippen molar-refractivity contribution in [2.24, 2.45) is 0 Å². The lowest BCUT2D eigenvalue weighted by molar-refractivity contribution is -0.742. The van der Waals surface area contributed by atoms with Crippen LogP contribution in [0, 0.1) is 10.1 Å². The number of hydrogen-bond acceptors (Lipinski definition) is 2. The molecule has 1 N–H and O–H groups in total. The molecule has 0 aliphatic rings. The Bertz CT molecular complexity index is 79.3. The molecule has 8 heavy (non-hydrogen) atoms. The van der Waals surface area contributed by atoms with Crippen LogP contribution in [0.25, 0.3) is 0 Å². The molecule has 4 nitrogen and oxygen atoms in total. The van der Waals surface area contributed by atoms with Gasteiger partial charge in [-0.3, -0.25) is 0 Å². The summed E-state index contributed by atoms with van der Waals surface area (Å²) in [6.45, 7) is 6.72. The first-order chi connectivity index (χ1) is 3.65. The van der Waals surface area contributed by atoms with E-state index in [1.807, 2.05) is 0 Å². The van der Waals surface area contributed by atoms with Gasteiger partial charge in [-0.1, -0.05) is 25.3 Å². The van der Waals surface area contributed by atoms with Gasteiger partial charge in [-0.05, 0) is 0 Å². The third kappa shape index (κ3) is 619. The topological polar surface area (TPSA) is 63.4 Å². The number of rotatable bonds is 1. The van der Waals surface area contributed by atoms with Crippen LogP contribution in [0.1, 0.15) is 0 Å². The fourth-order valence-corrected chi connectivity index (χ4v) is 0. The van der Waals surface area contributed by atoms with Crippen molar-refractivity contribution in [2.45, 2.75) is 0 Å². The lowest BCUT2D eigenvalue weighted by Gasteiger charge is -1.56. The zero-order chi connectivity index (χ0) is 6.99. The maximum Gasteiger partial charge on any atom is 0.291 e. The van der Waals surface area contributed by atoms with E-state index in [4.69, 9.17) is 15.3 Å². The Kier molecular flexibility index (Phi) is 11.3. The van der Waals surface area contributed by atoms with E-state index >= 15 is 0 Å². The Labute approximate surface area is 46.9 Å². The molecule has 0 aliphatic heterocycles. The standard InChI is InChI=1S/C4H6.HNO3/c1-3-4-2;2-1(3)4/h3-4H,1-2H2;(H,2,3,4). The van der Waals surface area contributed by atoms with Crippen molar-refractivity contribution in [3.05, 3.63) is 35.4 Å². The van der Waals surface area contributed by atoms with Gasteiger partial charge in [-0.2, -0.15) is 0 Å². The van der Waals surface area contributed by atoms with Crippen LogP contribution in [0.5, 0.6) is 0 Å². The van der Waals surface area contributed by atoms with Crippen molar-refractivity contribution in [1.29, 1.82) is 0 Å². The van der Waals surface area contributed by atoms with Crippen molar-refractivity contribution in [1.82, 2.24) is 0 Å². The smallest absolute Gasteiger partial charge is 0.291 e. The minimum atomic E-state index is -1.50. The molecule has 0 rings (SSSR count). The third-order valence-electron chi connectivity index (χ3n) is 0.167. The summed E-state index contributed by atoms with van der Waals surface area (Å²) in [5, 5.41) is 13.6. The zero-order valence-electron chi connectivity index (χ0n) is 4.28. The predicted octanol–water partition coefficient (Wildman–Crippen LogP) is 1.01. The van der Waals surface area contributed by atoms with Gasteiger partial charge >= 0.3 is 0 Å². The Balaban J connectivity index is 0. The van der Waals surface area contributed by atoms with E-state index in [-0.39, 0.29) is 0 Å². The molecular formula is C4H7NO3. The Hall–Kier alpha value is -1.32. The Morgan fingerprint density at radius 3 is 1.62 bits per heavy atom. The Morgan fingerprint density at radius 2 is 1.62 bits per heavy atom. The zero-order valence-corrected chi connectivity index (χ0v) is 4.28.